The van der Waals surface area contributed by atoms with Gasteiger partial charge in [0.2, 0.25) is 0 Å². The first-order valence-electron chi connectivity index (χ1n) is 13.5. The van der Waals surface area contributed by atoms with Crippen molar-refractivity contribution in [3.8, 4) is 0 Å². The molecule has 1 unspecified atom stereocenters. The standard InChI is InChI=1S/C36H35INP/c1-29-18-22-32(23-19-29)37-33-24-20-31(21-25-33)28-30(2)38-26-27-39(34-12-6-3-7-13-34,35-14-8-4-9-15-35)36-16-10-5-11-17-36/h3-26,30H,27-28H2,1-2H3/q+2. The molecule has 5 rings (SSSR count). The summed E-state index contributed by atoms with van der Waals surface area (Å²) >= 11 is -0.135. The molecular weight excluding hydrogens is 604 g/mol. The van der Waals surface area contributed by atoms with Crippen molar-refractivity contribution in [2.24, 2.45) is 4.99 Å². The fourth-order valence-electron chi connectivity index (χ4n) is 4.96. The molecule has 0 aliphatic carbocycles. The number of hydrogen-bond donors (Lipinski definition) is 0. The van der Waals surface area contributed by atoms with Gasteiger partial charge in [0.25, 0.3) is 0 Å². The smallest absolute Gasteiger partial charge is 0.290 e. The quantitative estimate of drug-likeness (QED) is 0.124. The Balaban J connectivity index is 1.34. The molecule has 0 saturated carbocycles. The minimum atomic E-state index is -1.88. The number of aliphatic imine (C=N–C) groups is 1. The third-order valence-corrected chi connectivity index (χ3v) is 13.9. The van der Waals surface area contributed by atoms with Crippen LogP contribution in [0.2, 0.25) is 0 Å². The van der Waals surface area contributed by atoms with Gasteiger partial charge >= 0.3 is 21.2 Å². The zero-order valence-corrected chi connectivity index (χ0v) is 25.7. The van der Waals surface area contributed by atoms with Crippen molar-refractivity contribution in [1.82, 2.24) is 0 Å². The second kappa shape index (κ2) is 13.3. The minimum absolute atomic E-state index is 0.135. The van der Waals surface area contributed by atoms with Crippen LogP contribution in [0.15, 0.2) is 145 Å². The third-order valence-electron chi connectivity index (χ3n) is 6.98. The van der Waals surface area contributed by atoms with Crippen molar-refractivity contribution in [2.45, 2.75) is 26.3 Å². The van der Waals surface area contributed by atoms with E-state index in [1.807, 2.05) is 0 Å². The first kappa shape index (κ1) is 27.5. The first-order chi connectivity index (χ1) is 19.1. The van der Waals surface area contributed by atoms with E-state index in [1.54, 1.807) is 0 Å². The van der Waals surface area contributed by atoms with Gasteiger partial charge in [-0.05, 0) is 86.5 Å². The SMILES string of the molecule is Cc1ccc([I+]c2ccc(CC(C)N=CC[P+](c3ccccc3)(c3ccccc3)c3ccccc3)cc2)cc1. The average Bonchev–Trinajstić information content (AvgIpc) is 2.99. The molecule has 0 aliphatic rings. The van der Waals surface area contributed by atoms with Gasteiger partial charge in [-0.3, -0.25) is 4.99 Å². The molecule has 0 spiro atoms. The second-order valence-electron chi connectivity index (χ2n) is 9.90. The molecule has 39 heavy (non-hydrogen) atoms. The first-order valence-corrected chi connectivity index (χ1v) is 17.6. The van der Waals surface area contributed by atoms with Crippen LogP contribution in [0.4, 0.5) is 0 Å². The predicted octanol–water partition coefficient (Wildman–Crippen LogP) is 4.12. The molecule has 0 amide bonds. The number of halogens is 1. The molecule has 5 aromatic rings. The van der Waals surface area contributed by atoms with Crippen LogP contribution in [-0.2, 0) is 6.42 Å². The summed E-state index contributed by atoms with van der Waals surface area (Å²) in [6.45, 7) is 4.38. The van der Waals surface area contributed by atoms with Crippen molar-refractivity contribution in [2.75, 3.05) is 6.16 Å². The van der Waals surface area contributed by atoms with Crippen molar-refractivity contribution in [1.29, 1.82) is 0 Å². The summed E-state index contributed by atoms with van der Waals surface area (Å²) in [4.78, 5) is 5.09. The predicted molar refractivity (Wildman–Crippen MR) is 167 cm³/mol. The third kappa shape index (κ3) is 6.93. The molecular formula is C36H35INP+2. The van der Waals surface area contributed by atoms with Crippen LogP contribution in [-0.4, -0.2) is 18.4 Å². The Morgan fingerprint density at radius 1 is 0.615 bits per heavy atom. The molecule has 3 heteroatoms. The Morgan fingerprint density at radius 3 is 1.51 bits per heavy atom. The number of hydrogen-bond acceptors (Lipinski definition) is 1. The molecule has 0 aliphatic heterocycles. The lowest BCUT2D eigenvalue weighted by molar-refractivity contribution is -0.597. The van der Waals surface area contributed by atoms with Crippen LogP contribution < -0.4 is 37.1 Å². The number of rotatable bonds is 10. The highest BCUT2D eigenvalue weighted by molar-refractivity contribution is 7.96. The van der Waals surface area contributed by atoms with E-state index in [0.717, 1.165) is 12.6 Å². The van der Waals surface area contributed by atoms with Gasteiger partial charge in [0, 0.05) is 6.21 Å². The van der Waals surface area contributed by atoms with Crippen molar-refractivity contribution < 1.29 is 21.2 Å². The summed E-state index contributed by atoms with van der Waals surface area (Å²) in [6.07, 6.45) is 4.07. The van der Waals surface area contributed by atoms with Gasteiger partial charge in [0.1, 0.15) is 29.3 Å². The molecule has 0 saturated heterocycles. The minimum Gasteiger partial charge on any atom is -0.290 e. The van der Waals surface area contributed by atoms with Crippen LogP contribution in [0, 0.1) is 14.1 Å². The van der Waals surface area contributed by atoms with E-state index in [9.17, 15) is 0 Å². The highest BCUT2D eigenvalue weighted by atomic mass is 127. The maximum absolute atomic E-state index is 5.09. The zero-order valence-electron chi connectivity index (χ0n) is 22.6. The average molecular weight is 640 g/mol. The van der Waals surface area contributed by atoms with Gasteiger partial charge in [-0.15, -0.1) is 0 Å². The number of nitrogens with zero attached hydrogens (tertiary/aromatic N) is 1. The fourth-order valence-corrected chi connectivity index (χ4v) is 11.0. The lowest BCUT2D eigenvalue weighted by Gasteiger charge is -2.26. The van der Waals surface area contributed by atoms with E-state index in [0.29, 0.717) is 0 Å². The van der Waals surface area contributed by atoms with Crippen LogP contribution in [0.5, 0.6) is 0 Å². The lowest BCUT2D eigenvalue weighted by atomic mass is 10.1. The monoisotopic (exact) mass is 639 g/mol. The highest BCUT2D eigenvalue weighted by Gasteiger charge is 2.44. The Hall–Kier alpha value is -3.07. The number of aryl methyl sites for hydroxylation is 1. The van der Waals surface area contributed by atoms with Gasteiger partial charge in [-0.25, -0.2) is 0 Å². The topological polar surface area (TPSA) is 12.4 Å². The Bertz CT molecular complexity index is 1370. The van der Waals surface area contributed by atoms with Crippen LogP contribution in [0.1, 0.15) is 18.1 Å². The Labute approximate surface area is 244 Å². The van der Waals surface area contributed by atoms with Crippen LogP contribution >= 0.6 is 7.26 Å². The fraction of sp³-hybridized carbons (Fsp3) is 0.139. The molecule has 194 valence electrons. The Kier molecular flexibility index (Phi) is 9.40. The van der Waals surface area contributed by atoms with Gasteiger partial charge < -0.3 is 0 Å². The molecule has 0 aromatic heterocycles. The molecule has 0 fully saturated rings. The van der Waals surface area contributed by atoms with Crippen LogP contribution in [0.3, 0.4) is 0 Å². The summed E-state index contributed by atoms with van der Waals surface area (Å²) in [6, 6.07) is 51.5. The van der Waals surface area contributed by atoms with Gasteiger partial charge in [0.15, 0.2) is 7.14 Å². The second-order valence-corrected chi connectivity index (χ2v) is 16.5. The maximum Gasteiger partial charge on any atom is 0.357 e. The van der Waals surface area contributed by atoms with Crippen molar-refractivity contribution in [3.05, 3.63) is 158 Å². The summed E-state index contributed by atoms with van der Waals surface area (Å²) in [5.74, 6) is 0. The molecule has 0 N–H and O–H groups in total. The summed E-state index contributed by atoms with van der Waals surface area (Å²) in [7, 11) is -1.88. The number of benzene rings is 5. The lowest BCUT2D eigenvalue weighted by Crippen LogP contribution is -3.61. The Morgan fingerprint density at radius 2 is 1.05 bits per heavy atom. The molecule has 5 aromatic carbocycles. The summed E-state index contributed by atoms with van der Waals surface area (Å²) in [5, 5.41) is 4.19. The van der Waals surface area contributed by atoms with Gasteiger partial charge in [0.05, 0.1) is 6.04 Å². The molecule has 1 atom stereocenters. The van der Waals surface area contributed by atoms with E-state index in [1.165, 1.54) is 34.2 Å². The van der Waals surface area contributed by atoms with E-state index < -0.39 is 7.26 Å². The highest BCUT2D eigenvalue weighted by Crippen LogP contribution is 2.54. The van der Waals surface area contributed by atoms with E-state index in [4.69, 9.17) is 4.99 Å². The molecule has 0 bridgehead atoms. The molecule has 1 nitrogen and oxygen atoms in total. The van der Waals surface area contributed by atoms with Crippen molar-refractivity contribution >= 4 is 29.4 Å². The van der Waals surface area contributed by atoms with Gasteiger partial charge in [-0.1, -0.05) is 84.4 Å². The van der Waals surface area contributed by atoms with E-state index >= 15 is 0 Å². The normalized spacial score (nSPS) is 12.5. The maximum atomic E-state index is 5.09. The van der Waals surface area contributed by atoms with E-state index in [-0.39, 0.29) is 27.2 Å². The summed E-state index contributed by atoms with van der Waals surface area (Å²) < 4.78 is 2.92. The van der Waals surface area contributed by atoms with Gasteiger partial charge in [-0.2, -0.15) is 0 Å². The zero-order chi connectivity index (χ0) is 26.9. The van der Waals surface area contributed by atoms with Crippen molar-refractivity contribution in [3.63, 3.8) is 0 Å². The van der Waals surface area contributed by atoms with Crippen LogP contribution in [0.25, 0.3) is 0 Å². The largest absolute Gasteiger partial charge is 0.357 e. The summed E-state index contributed by atoms with van der Waals surface area (Å²) in [5.41, 5.74) is 2.68. The van der Waals surface area contributed by atoms with E-state index in [2.05, 4.69) is 160 Å². The molecule has 0 heterocycles. The molecule has 0 radical (unpaired) electrons.